The zero-order chi connectivity index (χ0) is 21.0. The molecule has 1 aromatic heterocycles. The van der Waals surface area contributed by atoms with Crippen LogP contribution < -0.4 is 0 Å². The average Bonchev–Trinajstić information content (AvgIpc) is 3.08. The first-order valence-corrected chi connectivity index (χ1v) is 9.02. The van der Waals surface area contributed by atoms with Crippen molar-refractivity contribution in [3.63, 3.8) is 0 Å². The minimum Gasteiger partial charge on any atom is -0.377 e. The second kappa shape index (κ2) is 21.2. The molecule has 0 bridgehead atoms. The quantitative estimate of drug-likeness (QED) is 0.715. The molecule has 0 saturated heterocycles. The molecule has 0 fully saturated rings. The molecule has 1 heterocycles. The minimum atomic E-state index is 0.155. The van der Waals surface area contributed by atoms with Gasteiger partial charge in [0.2, 0.25) is 5.89 Å². The molecule has 0 aliphatic rings. The summed E-state index contributed by atoms with van der Waals surface area (Å²) in [7, 11) is 1.52. The third kappa shape index (κ3) is 24.4. The molecule has 0 aliphatic heterocycles. The maximum absolute atomic E-state index is 10.3. The van der Waals surface area contributed by atoms with Crippen LogP contribution in [0.25, 0.3) is 0 Å². The Morgan fingerprint density at radius 2 is 1.38 bits per heavy atom. The van der Waals surface area contributed by atoms with E-state index in [-0.39, 0.29) is 18.2 Å². The molecule has 0 saturated carbocycles. The van der Waals surface area contributed by atoms with E-state index in [9.17, 15) is 14.4 Å². The van der Waals surface area contributed by atoms with Crippen molar-refractivity contribution in [1.82, 2.24) is 10.1 Å². The van der Waals surface area contributed by atoms with Crippen LogP contribution in [0.15, 0.2) is 4.52 Å². The summed E-state index contributed by atoms with van der Waals surface area (Å²) in [4.78, 5) is 34.2. The molecule has 0 atom stereocenters. The molecule has 1 rings (SSSR count). The van der Waals surface area contributed by atoms with E-state index in [1.807, 2.05) is 34.6 Å². The SMILES string of the molecule is CCC(=O)CC.CCC(=O)COC.CCC(C)=O.CCc1noc(C)n1. The number of carbonyl (C=O) groups excluding carboxylic acids is 3. The maximum atomic E-state index is 10.3. The second-order valence-corrected chi connectivity index (χ2v) is 5.21. The zero-order valence-electron chi connectivity index (χ0n) is 17.7. The van der Waals surface area contributed by atoms with Gasteiger partial charge in [0.05, 0.1) is 0 Å². The first-order chi connectivity index (χ1) is 12.2. The molecule has 1 aromatic rings. The monoisotopic (exact) mass is 372 g/mol. The van der Waals surface area contributed by atoms with Crippen molar-refractivity contribution < 1.29 is 23.6 Å². The molecule has 26 heavy (non-hydrogen) atoms. The number of carbonyl (C=O) groups is 3. The summed E-state index contributed by atoms with van der Waals surface area (Å²) in [5.74, 6) is 2.17. The van der Waals surface area contributed by atoms with Crippen LogP contribution in [0.2, 0.25) is 0 Å². The van der Waals surface area contributed by atoms with Gasteiger partial charge in [-0.1, -0.05) is 39.8 Å². The highest BCUT2D eigenvalue weighted by atomic mass is 16.5. The Kier molecular flexibility index (Phi) is 23.5. The van der Waals surface area contributed by atoms with Gasteiger partial charge in [-0.15, -0.1) is 0 Å². The Morgan fingerprint density at radius 1 is 0.923 bits per heavy atom. The number of aromatic nitrogens is 2. The summed E-state index contributed by atoms with van der Waals surface area (Å²) in [6, 6.07) is 0. The molecular formula is C19H36N2O5. The van der Waals surface area contributed by atoms with Gasteiger partial charge >= 0.3 is 0 Å². The molecule has 0 amide bonds. The third-order valence-electron chi connectivity index (χ3n) is 2.87. The van der Waals surface area contributed by atoms with Crippen LogP contribution in [0.4, 0.5) is 0 Å². The van der Waals surface area contributed by atoms with Crippen molar-refractivity contribution in [2.75, 3.05) is 13.7 Å². The van der Waals surface area contributed by atoms with Crippen molar-refractivity contribution in [1.29, 1.82) is 0 Å². The fourth-order valence-corrected chi connectivity index (χ4v) is 0.998. The van der Waals surface area contributed by atoms with Crippen LogP contribution in [0, 0.1) is 6.92 Å². The number of hydrogen-bond acceptors (Lipinski definition) is 7. The Balaban J connectivity index is -0.000000276. The molecule has 0 unspecified atom stereocenters. The average molecular weight is 373 g/mol. The standard InChI is InChI=1S/C5H8N2O.C5H10O2.C5H10O.C4H8O/c1-3-5-6-4(2)8-7-5;1-3-5(6)4-7-2;1-3-5(6)4-2;1-3-4(2)5/h3H2,1-2H3;3-4H2,1-2H3;3-4H2,1-2H3;3H2,1-2H3. The highest BCUT2D eigenvalue weighted by Crippen LogP contribution is 1.93. The van der Waals surface area contributed by atoms with Crippen molar-refractivity contribution >= 4 is 17.3 Å². The minimum absolute atomic E-state index is 0.155. The highest BCUT2D eigenvalue weighted by Gasteiger charge is 1.95. The largest absolute Gasteiger partial charge is 0.377 e. The predicted octanol–water partition coefficient (Wildman–Crippen LogP) is 3.91. The Bertz CT molecular complexity index is 478. The smallest absolute Gasteiger partial charge is 0.223 e. The van der Waals surface area contributed by atoms with Crippen LogP contribution in [-0.4, -0.2) is 41.2 Å². The number of methoxy groups -OCH3 is 1. The van der Waals surface area contributed by atoms with E-state index < -0.39 is 0 Å². The van der Waals surface area contributed by atoms with Crippen LogP contribution in [0.1, 0.15) is 78.9 Å². The summed E-state index contributed by atoms with van der Waals surface area (Å²) in [6.45, 7) is 13.0. The van der Waals surface area contributed by atoms with Gasteiger partial charge in [0.1, 0.15) is 18.2 Å². The third-order valence-corrected chi connectivity index (χ3v) is 2.87. The fourth-order valence-electron chi connectivity index (χ4n) is 0.998. The fraction of sp³-hybridized carbons (Fsp3) is 0.737. The maximum Gasteiger partial charge on any atom is 0.223 e. The number of hydrogen-bond donors (Lipinski definition) is 0. The summed E-state index contributed by atoms with van der Waals surface area (Å²) in [5.41, 5.74) is 0. The number of Topliss-reactive ketones (excluding diaryl/α,β-unsaturated/α-hetero) is 3. The number of aryl methyl sites for hydroxylation is 2. The highest BCUT2D eigenvalue weighted by molar-refractivity contribution is 5.79. The lowest BCUT2D eigenvalue weighted by Gasteiger charge is -1.89. The molecule has 7 nitrogen and oxygen atoms in total. The van der Waals surface area contributed by atoms with Crippen molar-refractivity contribution in [3.8, 4) is 0 Å². The number of rotatable bonds is 7. The molecule has 152 valence electrons. The van der Waals surface area contributed by atoms with E-state index in [0.29, 0.717) is 37.4 Å². The van der Waals surface area contributed by atoms with Gasteiger partial charge in [-0.25, -0.2) is 0 Å². The number of nitrogens with zero attached hydrogens (tertiary/aromatic N) is 2. The first-order valence-electron chi connectivity index (χ1n) is 9.02. The van der Waals surface area contributed by atoms with Crippen LogP contribution >= 0.6 is 0 Å². The van der Waals surface area contributed by atoms with E-state index in [1.165, 1.54) is 7.11 Å². The summed E-state index contributed by atoms with van der Waals surface area (Å²) < 4.78 is 9.24. The van der Waals surface area contributed by atoms with E-state index in [1.54, 1.807) is 13.8 Å². The van der Waals surface area contributed by atoms with Gasteiger partial charge in [-0.2, -0.15) is 4.98 Å². The van der Waals surface area contributed by atoms with Crippen LogP contribution in [0.5, 0.6) is 0 Å². The van der Waals surface area contributed by atoms with Gasteiger partial charge in [-0.05, 0) is 6.92 Å². The molecule has 0 aromatic carbocycles. The molecular weight excluding hydrogens is 336 g/mol. The number of ketones is 3. The lowest BCUT2D eigenvalue weighted by Crippen LogP contribution is -2.03. The number of ether oxygens (including phenoxy) is 1. The van der Waals surface area contributed by atoms with Gasteiger partial charge < -0.3 is 14.1 Å². The topological polar surface area (TPSA) is 99.4 Å². The Morgan fingerprint density at radius 3 is 1.50 bits per heavy atom. The Hall–Kier alpha value is -1.89. The Labute approximate surface area is 157 Å². The molecule has 0 spiro atoms. The molecule has 0 N–H and O–H groups in total. The van der Waals surface area contributed by atoms with Gasteiger partial charge in [0.15, 0.2) is 11.6 Å². The van der Waals surface area contributed by atoms with Crippen LogP contribution in [-0.2, 0) is 25.5 Å². The van der Waals surface area contributed by atoms with E-state index in [0.717, 1.165) is 12.2 Å². The summed E-state index contributed by atoms with van der Waals surface area (Å²) >= 11 is 0. The van der Waals surface area contributed by atoms with Gasteiger partial charge in [-0.3, -0.25) is 9.59 Å². The van der Waals surface area contributed by atoms with Crippen molar-refractivity contribution in [2.45, 2.75) is 80.6 Å². The zero-order valence-corrected chi connectivity index (χ0v) is 17.7. The normalized spacial score (nSPS) is 8.77. The predicted molar refractivity (Wildman–Crippen MR) is 102 cm³/mol. The van der Waals surface area contributed by atoms with E-state index in [2.05, 4.69) is 14.9 Å². The van der Waals surface area contributed by atoms with Crippen molar-refractivity contribution in [2.24, 2.45) is 0 Å². The first kappa shape index (κ1) is 28.9. The van der Waals surface area contributed by atoms with E-state index in [4.69, 9.17) is 4.52 Å². The lowest BCUT2D eigenvalue weighted by atomic mass is 10.3. The van der Waals surface area contributed by atoms with Crippen molar-refractivity contribution in [3.05, 3.63) is 11.7 Å². The van der Waals surface area contributed by atoms with Crippen LogP contribution in [0.3, 0.4) is 0 Å². The summed E-state index contributed by atoms with van der Waals surface area (Å²) in [6.07, 6.45) is 3.47. The summed E-state index contributed by atoms with van der Waals surface area (Å²) in [5, 5.41) is 3.65. The molecule has 0 aliphatic carbocycles. The van der Waals surface area contributed by atoms with Gasteiger partial charge in [0, 0.05) is 46.1 Å². The second-order valence-electron chi connectivity index (χ2n) is 5.21. The van der Waals surface area contributed by atoms with Gasteiger partial charge in [0.25, 0.3) is 0 Å². The lowest BCUT2D eigenvalue weighted by molar-refractivity contribution is -0.122. The van der Waals surface area contributed by atoms with E-state index >= 15 is 0 Å². The molecule has 7 heteroatoms. The molecule has 0 radical (unpaired) electrons.